The van der Waals surface area contributed by atoms with Gasteiger partial charge in [0.15, 0.2) is 4.96 Å². The molecule has 3 aromatic heterocycles. The highest BCUT2D eigenvalue weighted by atomic mass is 32.1. The zero-order valence-corrected chi connectivity index (χ0v) is 9.74. The molecule has 3 heterocycles. The van der Waals surface area contributed by atoms with Crippen LogP contribution < -0.4 is 0 Å². The van der Waals surface area contributed by atoms with E-state index in [1.807, 2.05) is 18.5 Å². The molecule has 0 radical (unpaired) electrons. The van der Waals surface area contributed by atoms with Crippen molar-refractivity contribution in [3.05, 3.63) is 48.2 Å². The van der Waals surface area contributed by atoms with Gasteiger partial charge in [0.1, 0.15) is 0 Å². The number of aromatic nitrogens is 3. The molecule has 4 aromatic rings. The summed E-state index contributed by atoms with van der Waals surface area (Å²) in [5.74, 6) is 0. The minimum absolute atomic E-state index is 1.03. The lowest BCUT2D eigenvalue weighted by Crippen LogP contribution is -1.81. The van der Waals surface area contributed by atoms with E-state index in [1.54, 1.807) is 11.3 Å². The Labute approximate surface area is 101 Å². The molecule has 4 rings (SSSR count). The van der Waals surface area contributed by atoms with E-state index in [1.165, 1.54) is 10.9 Å². The fraction of sp³-hybridized carbons (Fsp3) is 0. The maximum atomic E-state index is 4.41. The molecule has 1 aromatic carbocycles. The van der Waals surface area contributed by atoms with Gasteiger partial charge in [-0.05, 0) is 6.07 Å². The predicted molar refractivity (Wildman–Crippen MR) is 70.4 cm³/mol. The number of benzene rings is 1. The molecule has 0 aliphatic rings. The largest absolute Gasteiger partial charge is 0.360 e. The second-order valence-electron chi connectivity index (χ2n) is 3.95. The summed E-state index contributed by atoms with van der Waals surface area (Å²) in [5, 5.41) is 3.29. The molecule has 0 unspecified atom stereocenters. The van der Waals surface area contributed by atoms with Crippen LogP contribution in [0.5, 0.6) is 0 Å². The molecule has 0 saturated carbocycles. The number of nitrogens with zero attached hydrogens (tertiary/aromatic N) is 2. The van der Waals surface area contributed by atoms with Crippen LogP contribution in [0, 0.1) is 0 Å². The standard InChI is InChI=1S/C13H9N3S/c1-2-4-11-9(3-1)10(7-14-11)12-8-15-13-16(12)5-6-17-13/h1-8,14H. The van der Waals surface area contributed by atoms with Gasteiger partial charge in [-0.25, -0.2) is 4.98 Å². The molecule has 0 aliphatic heterocycles. The Bertz CT molecular complexity index is 806. The van der Waals surface area contributed by atoms with E-state index in [2.05, 4.69) is 44.1 Å². The van der Waals surface area contributed by atoms with E-state index in [-0.39, 0.29) is 0 Å². The van der Waals surface area contributed by atoms with Crippen LogP contribution >= 0.6 is 11.3 Å². The van der Waals surface area contributed by atoms with Crippen molar-refractivity contribution in [2.75, 3.05) is 0 Å². The highest BCUT2D eigenvalue weighted by molar-refractivity contribution is 7.15. The first-order valence-corrected chi connectivity index (χ1v) is 6.28. The van der Waals surface area contributed by atoms with Crippen molar-refractivity contribution in [3.63, 3.8) is 0 Å². The number of H-pyrrole nitrogens is 1. The molecule has 1 N–H and O–H groups in total. The van der Waals surface area contributed by atoms with Crippen LogP contribution in [-0.2, 0) is 0 Å². The van der Waals surface area contributed by atoms with Crippen LogP contribution in [0.3, 0.4) is 0 Å². The first-order valence-electron chi connectivity index (χ1n) is 5.40. The van der Waals surface area contributed by atoms with Crippen LogP contribution in [0.4, 0.5) is 0 Å². The summed E-state index contributed by atoms with van der Waals surface area (Å²) in [6.07, 6.45) is 6.04. The number of rotatable bonds is 1. The van der Waals surface area contributed by atoms with Gasteiger partial charge in [0.05, 0.1) is 11.9 Å². The molecule has 4 heteroatoms. The number of fused-ring (bicyclic) bond motifs is 2. The van der Waals surface area contributed by atoms with E-state index in [0.717, 1.165) is 16.2 Å². The average molecular weight is 239 g/mol. The predicted octanol–water partition coefficient (Wildman–Crippen LogP) is 3.54. The summed E-state index contributed by atoms with van der Waals surface area (Å²) in [6, 6.07) is 8.32. The van der Waals surface area contributed by atoms with Gasteiger partial charge in [-0.1, -0.05) is 18.2 Å². The second-order valence-corrected chi connectivity index (χ2v) is 4.82. The Morgan fingerprint density at radius 2 is 2.18 bits per heavy atom. The summed E-state index contributed by atoms with van der Waals surface area (Å²) in [5.41, 5.74) is 3.50. The van der Waals surface area contributed by atoms with Crippen molar-refractivity contribution in [1.29, 1.82) is 0 Å². The zero-order valence-electron chi connectivity index (χ0n) is 8.92. The van der Waals surface area contributed by atoms with E-state index in [9.17, 15) is 0 Å². The van der Waals surface area contributed by atoms with Crippen LogP contribution in [0.1, 0.15) is 0 Å². The minimum atomic E-state index is 1.03. The first kappa shape index (κ1) is 9.01. The van der Waals surface area contributed by atoms with Crippen molar-refractivity contribution in [2.45, 2.75) is 0 Å². The first-order chi connectivity index (χ1) is 8.43. The van der Waals surface area contributed by atoms with Gasteiger partial charge in [-0.2, -0.15) is 0 Å². The summed E-state index contributed by atoms with van der Waals surface area (Å²) < 4.78 is 2.13. The van der Waals surface area contributed by atoms with Gasteiger partial charge >= 0.3 is 0 Å². The van der Waals surface area contributed by atoms with E-state index >= 15 is 0 Å². The van der Waals surface area contributed by atoms with Gasteiger partial charge in [0.25, 0.3) is 0 Å². The number of nitrogens with one attached hydrogen (secondary N) is 1. The van der Waals surface area contributed by atoms with Crippen LogP contribution in [0.15, 0.2) is 48.2 Å². The van der Waals surface area contributed by atoms with Crippen molar-refractivity contribution >= 4 is 27.2 Å². The fourth-order valence-electron chi connectivity index (χ4n) is 2.21. The smallest absolute Gasteiger partial charge is 0.194 e. The molecule has 0 bridgehead atoms. The molecule has 0 amide bonds. The number of aromatic amines is 1. The quantitative estimate of drug-likeness (QED) is 0.541. The average Bonchev–Trinajstić information content (AvgIpc) is 3.02. The van der Waals surface area contributed by atoms with Crippen molar-refractivity contribution in [1.82, 2.24) is 14.4 Å². The summed E-state index contributed by atoms with van der Waals surface area (Å²) in [4.78, 5) is 8.74. The minimum Gasteiger partial charge on any atom is -0.360 e. The van der Waals surface area contributed by atoms with Crippen LogP contribution in [0.25, 0.3) is 27.1 Å². The lowest BCUT2D eigenvalue weighted by Gasteiger charge is -1.96. The Morgan fingerprint density at radius 3 is 3.18 bits per heavy atom. The SMILES string of the molecule is c1ccc2c(-c3cnc4sccn34)c[nH]c2c1. The number of para-hydroxylation sites is 1. The van der Waals surface area contributed by atoms with Crippen molar-refractivity contribution in [2.24, 2.45) is 0 Å². The Balaban J connectivity index is 2.09. The molecule has 0 saturated heterocycles. The number of hydrogen-bond acceptors (Lipinski definition) is 2. The highest BCUT2D eigenvalue weighted by Crippen LogP contribution is 2.29. The van der Waals surface area contributed by atoms with Crippen LogP contribution in [0.2, 0.25) is 0 Å². The third-order valence-corrected chi connectivity index (χ3v) is 3.78. The van der Waals surface area contributed by atoms with Crippen LogP contribution in [-0.4, -0.2) is 14.4 Å². The number of hydrogen-bond donors (Lipinski definition) is 1. The second kappa shape index (κ2) is 3.21. The fourth-order valence-corrected chi connectivity index (χ4v) is 2.90. The number of imidazole rings is 1. The molecule has 0 fully saturated rings. The molecular formula is C13H9N3S. The molecule has 82 valence electrons. The lowest BCUT2D eigenvalue weighted by atomic mass is 10.1. The summed E-state index contributed by atoms with van der Waals surface area (Å²) in [6.45, 7) is 0. The van der Waals surface area contributed by atoms with Gasteiger partial charge in [-0.3, -0.25) is 4.40 Å². The van der Waals surface area contributed by atoms with Gasteiger partial charge in [-0.15, -0.1) is 11.3 Å². The highest BCUT2D eigenvalue weighted by Gasteiger charge is 2.10. The van der Waals surface area contributed by atoms with Gasteiger partial charge in [0.2, 0.25) is 0 Å². The van der Waals surface area contributed by atoms with Gasteiger partial charge in [0, 0.05) is 34.2 Å². The summed E-state index contributed by atoms with van der Waals surface area (Å²) >= 11 is 1.65. The molecule has 3 nitrogen and oxygen atoms in total. The maximum absolute atomic E-state index is 4.41. The third-order valence-electron chi connectivity index (χ3n) is 3.01. The lowest BCUT2D eigenvalue weighted by molar-refractivity contribution is 1.24. The molecule has 17 heavy (non-hydrogen) atoms. The monoisotopic (exact) mass is 239 g/mol. The van der Waals surface area contributed by atoms with Gasteiger partial charge < -0.3 is 4.98 Å². The Kier molecular flexibility index (Phi) is 1.70. The molecule has 0 aliphatic carbocycles. The molecular weight excluding hydrogens is 230 g/mol. The van der Waals surface area contributed by atoms with E-state index in [4.69, 9.17) is 0 Å². The normalized spacial score (nSPS) is 11.5. The topological polar surface area (TPSA) is 33.1 Å². The third kappa shape index (κ3) is 1.18. The Morgan fingerprint density at radius 1 is 1.24 bits per heavy atom. The van der Waals surface area contributed by atoms with Crippen molar-refractivity contribution < 1.29 is 0 Å². The Hall–Kier alpha value is -2.07. The molecule has 0 spiro atoms. The number of thiazole rings is 1. The maximum Gasteiger partial charge on any atom is 0.194 e. The van der Waals surface area contributed by atoms with Crippen molar-refractivity contribution in [3.8, 4) is 11.3 Å². The zero-order chi connectivity index (χ0) is 11.2. The molecule has 0 atom stereocenters. The van der Waals surface area contributed by atoms with E-state index < -0.39 is 0 Å². The summed E-state index contributed by atoms with van der Waals surface area (Å²) in [7, 11) is 0. The van der Waals surface area contributed by atoms with E-state index in [0.29, 0.717) is 0 Å².